The van der Waals surface area contributed by atoms with Gasteiger partial charge in [0.2, 0.25) is 5.78 Å². The quantitative estimate of drug-likeness (QED) is 0.493. The van der Waals surface area contributed by atoms with Gasteiger partial charge in [0.1, 0.15) is 0 Å². The molecule has 0 saturated carbocycles. The van der Waals surface area contributed by atoms with Crippen LogP contribution in [0.25, 0.3) is 0 Å². The second kappa shape index (κ2) is 14.9. The highest BCUT2D eigenvalue weighted by atomic mass is 16.5. The predicted molar refractivity (Wildman–Crippen MR) is 94.9 cm³/mol. The highest BCUT2D eigenvalue weighted by Gasteiger charge is 2.28. The molecule has 0 radical (unpaired) electrons. The molecule has 0 spiro atoms. The predicted octanol–water partition coefficient (Wildman–Crippen LogP) is 5.35. The lowest BCUT2D eigenvalue weighted by atomic mass is 10.0. The van der Waals surface area contributed by atoms with E-state index in [2.05, 4.69) is 26.1 Å². The van der Waals surface area contributed by atoms with Gasteiger partial charge < -0.3 is 10.1 Å². The summed E-state index contributed by atoms with van der Waals surface area (Å²) in [6.07, 6.45) is 12.4. The van der Waals surface area contributed by atoms with Gasteiger partial charge in [0, 0.05) is 6.54 Å². The molecule has 0 saturated heterocycles. The Morgan fingerprint density at radius 3 is 1.95 bits per heavy atom. The molecule has 0 heterocycles. The maximum Gasteiger partial charge on any atom is 0.205 e. The van der Waals surface area contributed by atoms with Crippen molar-refractivity contribution < 1.29 is 9.53 Å². The minimum Gasteiger partial charge on any atom is -0.488 e. The van der Waals surface area contributed by atoms with Crippen molar-refractivity contribution in [3.63, 3.8) is 0 Å². The first-order valence-electron chi connectivity index (χ1n) is 9.34. The van der Waals surface area contributed by atoms with Crippen molar-refractivity contribution in [3.05, 3.63) is 11.5 Å². The molecule has 3 nitrogen and oxygen atoms in total. The van der Waals surface area contributed by atoms with E-state index in [4.69, 9.17) is 4.74 Å². The first-order valence-corrected chi connectivity index (χ1v) is 9.34. The first-order chi connectivity index (χ1) is 10.7. The molecule has 0 aliphatic heterocycles. The van der Waals surface area contributed by atoms with E-state index in [-0.39, 0.29) is 5.78 Å². The number of unbranched alkanes of at least 4 members (excludes halogenated alkanes) is 7. The second-order valence-electron chi connectivity index (χ2n) is 5.89. The molecule has 0 amide bonds. The number of ketones is 1. The minimum atomic E-state index is 0.138. The summed E-state index contributed by atoms with van der Waals surface area (Å²) in [5.74, 6) is 0.708. The molecule has 0 aromatic rings. The fraction of sp³-hybridized carbons (Fsp3) is 0.842. The summed E-state index contributed by atoms with van der Waals surface area (Å²) in [5.41, 5.74) is 1.01. The molecule has 1 aliphatic carbocycles. The van der Waals surface area contributed by atoms with E-state index in [0.717, 1.165) is 12.2 Å². The molecule has 0 aromatic carbocycles. The number of nitrogens with one attached hydrogen (secondary N) is 1. The fourth-order valence-electron chi connectivity index (χ4n) is 2.16. The van der Waals surface area contributed by atoms with E-state index in [1.807, 2.05) is 6.92 Å². The molecule has 3 heteroatoms. The zero-order chi connectivity index (χ0) is 16.6. The van der Waals surface area contributed by atoms with Gasteiger partial charge >= 0.3 is 0 Å². The van der Waals surface area contributed by atoms with E-state index in [1.54, 1.807) is 0 Å². The molecule has 1 aliphatic rings. The standard InChI is InChI=1S/C15H27NO2.C4H10/c1-3-5-6-7-8-9-10-11-16-13-12-14(17)15(13)18-4-2;1-3-4-2/h16H,3-12H2,1-2H3;3-4H2,1-2H3. The van der Waals surface area contributed by atoms with Crippen LogP contribution in [0.15, 0.2) is 11.5 Å². The van der Waals surface area contributed by atoms with Crippen LogP contribution in [0.2, 0.25) is 0 Å². The van der Waals surface area contributed by atoms with E-state index < -0.39 is 0 Å². The number of Topliss-reactive ketones (excluding diaryl/α,β-unsaturated/α-hetero) is 1. The highest BCUT2D eigenvalue weighted by molar-refractivity contribution is 6.02. The summed E-state index contributed by atoms with van der Waals surface area (Å²) in [4.78, 5) is 11.2. The Morgan fingerprint density at radius 1 is 0.864 bits per heavy atom. The van der Waals surface area contributed by atoms with Crippen molar-refractivity contribution in [1.29, 1.82) is 0 Å². The second-order valence-corrected chi connectivity index (χ2v) is 5.89. The van der Waals surface area contributed by atoms with Gasteiger partial charge in [-0.25, -0.2) is 0 Å². The van der Waals surface area contributed by atoms with Crippen LogP contribution in [0.5, 0.6) is 0 Å². The maximum absolute atomic E-state index is 11.2. The summed E-state index contributed by atoms with van der Waals surface area (Å²) in [6.45, 7) is 10.1. The monoisotopic (exact) mass is 311 g/mol. The fourth-order valence-corrected chi connectivity index (χ4v) is 2.16. The summed E-state index contributed by atoms with van der Waals surface area (Å²) in [7, 11) is 0. The van der Waals surface area contributed by atoms with Crippen LogP contribution in [0, 0.1) is 0 Å². The average Bonchev–Trinajstić information content (AvgIpc) is 2.54. The molecular formula is C19H37NO2. The highest BCUT2D eigenvalue weighted by Crippen LogP contribution is 2.22. The van der Waals surface area contributed by atoms with Crippen LogP contribution in [0.4, 0.5) is 0 Å². The zero-order valence-electron chi connectivity index (χ0n) is 15.3. The normalized spacial score (nSPS) is 13.4. The molecule has 130 valence electrons. The summed E-state index contributed by atoms with van der Waals surface area (Å²) in [6, 6.07) is 0. The summed E-state index contributed by atoms with van der Waals surface area (Å²) >= 11 is 0. The maximum atomic E-state index is 11.2. The van der Waals surface area contributed by atoms with E-state index >= 15 is 0 Å². The summed E-state index contributed by atoms with van der Waals surface area (Å²) < 4.78 is 5.29. The van der Waals surface area contributed by atoms with Crippen molar-refractivity contribution >= 4 is 5.78 Å². The number of ether oxygens (including phenoxy) is 1. The molecule has 0 aromatic heterocycles. The number of carbonyl (C=O) groups is 1. The van der Waals surface area contributed by atoms with Gasteiger partial charge in [-0.1, -0.05) is 72.1 Å². The molecule has 1 N–H and O–H groups in total. The average molecular weight is 312 g/mol. The number of hydrogen-bond donors (Lipinski definition) is 1. The molecule has 0 unspecified atom stereocenters. The van der Waals surface area contributed by atoms with Gasteiger partial charge in [-0.15, -0.1) is 0 Å². The van der Waals surface area contributed by atoms with Crippen LogP contribution in [0.3, 0.4) is 0 Å². The first kappa shape index (κ1) is 21.0. The van der Waals surface area contributed by atoms with Gasteiger partial charge in [0.05, 0.1) is 18.7 Å². The number of hydrogen-bond acceptors (Lipinski definition) is 3. The van der Waals surface area contributed by atoms with Crippen molar-refractivity contribution in [2.75, 3.05) is 13.2 Å². The number of allylic oxidation sites excluding steroid dienone is 2. The Hall–Kier alpha value is -0.990. The van der Waals surface area contributed by atoms with Crippen molar-refractivity contribution in [3.8, 4) is 0 Å². The Balaban J connectivity index is 0.000000980. The molecule has 0 bridgehead atoms. The Morgan fingerprint density at radius 2 is 1.45 bits per heavy atom. The zero-order valence-corrected chi connectivity index (χ0v) is 15.3. The topological polar surface area (TPSA) is 38.3 Å². The van der Waals surface area contributed by atoms with Crippen molar-refractivity contribution in [1.82, 2.24) is 5.32 Å². The molecule has 1 rings (SSSR count). The van der Waals surface area contributed by atoms with Gasteiger partial charge in [0.15, 0.2) is 5.76 Å². The van der Waals surface area contributed by atoms with Crippen molar-refractivity contribution in [2.24, 2.45) is 0 Å². The van der Waals surface area contributed by atoms with Crippen LogP contribution in [-0.4, -0.2) is 18.9 Å². The van der Waals surface area contributed by atoms with Crippen molar-refractivity contribution in [2.45, 2.75) is 91.9 Å². The van der Waals surface area contributed by atoms with Crippen LogP contribution in [-0.2, 0) is 9.53 Å². The third kappa shape index (κ3) is 9.86. The third-order valence-corrected chi connectivity index (χ3v) is 3.77. The van der Waals surface area contributed by atoms with Gasteiger partial charge in [-0.05, 0) is 13.3 Å². The summed E-state index contributed by atoms with van der Waals surface area (Å²) in [5, 5.41) is 3.32. The Bertz CT molecular complexity index is 309. The van der Waals surface area contributed by atoms with E-state index in [1.165, 1.54) is 57.8 Å². The molecule has 0 atom stereocenters. The van der Waals surface area contributed by atoms with Gasteiger partial charge in [0.25, 0.3) is 0 Å². The van der Waals surface area contributed by atoms with Crippen LogP contribution >= 0.6 is 0 Å². The SMILES string of the molecule is CCCC.CCCCCCCCCNC1=C(OCC)C(=O)C1. The van der Waals surface area contributed by atoms with Gasteiger partial charge in [-0.2, -0.15) is 0 Å². The van der Waals surface area contributed by atoms with Crippen LogP contribution < -0.4 is 5.32 Å². The minimum absolute atomic E-state index is 0.138. The van der Waals surface area contributed by atoms with E-state index in [0.29, 0.717) is 18.8 Å². The molecule has 0 fully saturated rings. The smallest absolute Gasteiger partial charge is 0.205 e. The van der Waals surface area contributed by atoms with Gasteiger partial charge in [-0.3, -0.25) is 4.79 Å². The lowest BCUT2D eigenvalue weighted by molar-refractivity contribution is -0.120. The lowest BCUT2D eigenvalue weighted by Gasteiger charge is -2.23. The third-order valence-electron chi connectivity index (χ3n) is 3.77. The molecular weight excluding hydrogens is 274 g/mol. The number of rotatable bonds is 12. The Labute approximate surface area is 137 Å². The van der Waals surface area contributed by atoms with E-state index in [9.17, 15) is 4.79 Å². The Kier molecular flexibility index (Phi) is 14.3. The van der Waals surface area contributed by atoms with Crippen LogP contribution in [0.1, 0.15) is 91.9 Å². The largest absolute Gasteiger partial charge is 0.488 e. The lowest BCUT2D eigenvalue weighted by Crippen LogP contribution is -2.30. The molecule has 22 heavy (non-hydrogen) atoms. The number of carbonyl (C=O) groups excluding carboxylic acids is 1.